The molecule has 0 aliphatic heterocycles. The third kappa shape index (κ3) is 7.59. The van der Waals surface area contributed by atoms with Crippen molar-refractivity contribution in [2.75, 3.05) is 0 Å². The molecule has 2 aromatic carbocycles. The van der Waals surface area contributed by atoms with Crippen LogP contribution in [0.15, 0.2) is 61.2 Å². The lowest BCUT2D eigenvalue weighted by Crippen LogP contribution is -2.20. The molecule has 0 heterocycles. The second-order valence-corrected chi connectivity index (χ2v) is 9.81. The number of carbonyl (C=O) groups is 1. The smallest absolute Gasteiger partial charge is 0.343 e. The SMILES string of the molecule is C=CCC(c1ccc(C(=O)Oc2ccc(CCC)cc2)cc1)C1CCC(CCCCC)CC1. The summed E-state index contributed by atoms with van der Waals surface area (Å²) < 4.78 is 5.59. The molecule has 1 fully saturated rings. The van der Waals surface area contributed by atoms with Gasteiger partial charge in [-0.15, -0.1) is 6.58 Å². The Bertz CT molecular complexity index is 841. The highest BCUT2D eigenvalue weighted by Gasteiger charge is 2.28. The second kappa shape index (κ2) is 13.4. The van der Waals surface area contributed by atoms with Crippen LogP contribution in [0.5, 0.6) is 5.75 Å². The maximum atomic E-state index is 12.6. The van der Waals surface area contributed by atoms with Crippen LogP contribution >= 0.6 is 0 Å². The number of carbonyl (C=O) groups excluding carboxylic acids is 1. The Hall–Kier alpha value is -2.35. The minimum Gasteiger partial charge on any atom is -0.423 e. The average Bonchev–Trinajstić information content (AvgIpc) is 2.85. The van der Waals surface area contributed by atoms with Gasteiger partial charge in [0.15, 0.2) is 0 Å². The first-order valence-corrected chi connectivity index (χ1v) is 13.2. The van der Waals surface area contributed by atoms with E-state index in [2.05, 4.69) is 38.6 Å². The van der Waals surface area contributed by atoms with E-state index in [9.17, 15) is 4.79 Å². The fourth-order valence-corrected chi connectivity index (χ4v) is 5.39. The number of hydrogen-bond acceptors (Lipinski definition) is 2. The first-order valence-electron chi connectivity index (χ1n) is 13.2. The fourth-order valence-electron chi connectivity index (χ4n) is 5.39. The zero-order valence-corrected chi connectivity index (χ0v) is 20.7. The predicted molar refractivity (Wildman–Crippen MR) is 139 cm³/mol. The van der Waals surface area contributed by atoms with Crippen molar-refractivity contribution in [2.45, 2.75) is 90.4 Å². The maximum Gasteiger partial charge on any atom is 0.343 e. The Morgan fingerprint density at radius 1 is 0.970 bits per heavy atom. The van der Waals surface area contributed by atoms with Crippen LogP contribution in [-0.4, -0.2) is 5.97 Å². The zero-order chi connectivity index (χ0) is 23.5. The molecule has 0 bridgehead atoms. The largest absolute Gasteiger partial charge is 0.423 e. The standard InChI is InChI=1S/C31H42O2/c1-4-7-8-11-25-12-16-26(17-13-25)30(10-6-3)27-18-20-28(21-19-27)31(32)33-29-22-14-24(9-5-2)15-23-29/h6,14-15,18-23,25-26,30H,3-5,7-13,16-17H2,1-2H3. The van der Waals surface area contributed by atoms with Gasteiger partial charge in [-0.05, 0) is 78.8 Å². The monoisotopic (exact) mass is 446 g/mol. The molecule has 1 atom stereocenters. The molecule has 0 aromatic heterocycles. The minimum atomic E-state index is -0.294. The summed E-state index contributed by atoms with van der Waals surface area (Å²) in [5.74, 6) is 2.44. The molecule has 0 spiro atoms. The summed E-state index contributed by atoms with van der Waals surface area (Å²) >= 11 is 0. The van der Waals surface area contributed by atoms with Gasteiger partial charge in [0.1, 0.15) is 5.75 Å². The van der Waals surface area contributed by atoms with E-state index < -0.39 is 0 Å². The summed E-state index contributed by atoms with van der Waals surface area (Å²) in [6, 6.07) is 15.9. The van der Waals surface area contributed by atoms with Crippen LogP contribution in [0.3, 0.4) is 0 Å². The quantitative estimate of drug-likeness (QED) is 0.141. The Morgan fingerprint density at radius 3 is 2.27 bits per heavy atom. The van der Waals surface area contributed by atoms with Gasteiger partial charge in [0.2, 0.25) is 0 Å². The van der Waals surface area contributed by atoms with Gasteiger partial charge in [-0.2, -0.15) is 0 Å². The molecule has 0 amide bonds. The molecule has 0 radical (unpaired) electrons. The summed E-state index contributed by atoms with van der Waals surface area (Å²) in [6.45, 7) is 8.47. The van der Waals surface area contributed by atoms with Crippen LogP contribution in [0.2, 0.25) is 0 Å². The van der Waals surface area contributed by atoms with Crippen LogP contribution in [0.4, 0.5) is 0 Å². The lowest BCUT2D eigenvalue weighted by Gasteiger charge is -2.34. The van der Waals surface area contributed by atoms with Gasteiger partial charge in [0, 0.05) is 0 Å². The van der Waals surface area contributed by atoms with E-state index in [4.69, 9.17) is 4.74 Å². The van der Waals surface area contributed by atoms with E-state index in [0.717, 1.165) is 25.2 Å². The highest BCUT2D eigenvalue weighted by atomic mass is 16.5. The first-order chi connectivity index (χ1) is 16.1. The molecule has 0 saturated heterocycles. The Morgan fingerprint density at radius 2 is 1.67 bits per heavy atom. The number of benzene rings is 2. The average molecular weight is 447 g/mol. The number of rotatable bonds is 12. The van der Waals surface area contributed by atoms with Gasteiger partial charge >= 0.3 is 5.97 Å². The van der Waals surface area contributed by atoms with E-state index in [1.807, 2.05) is 36.4 Å². The number of ether oxygens (including phenoxy) is 1. The highest BCUT2D eigenvalue weighted by molar-refractivity contribution is 5.91. The van der Waals surface area contributed by atoms with E-state index in [0.29, 0.717) is 23.1 Å². The molecule has 1 saturated carbocycles. The van der Waals surface area contributed by atoms with Crippen molar-refractivity contribution in [3.8, 4) is 5.75 Å². The molecule has 178 valence electrons. The van der Waals surface area contributed by atoms with Crippen LogP contribution in [0.25, 0.3) is 0 Å². The van der Waals surface area contributed by atoms with Crippen molar-refractivity contribution in [3.05, 3.63) is 77.9 Å². The molecule has 2 nitrogen and oxygen atoms in total. The zero-order valence-electron chi connectivity index (χ0n) is 20.7. The molecule has 1 aliphatic rings. The molecule has 0 N–H and O–H groups in total. The van der Waals surface area contributed by atoms with Gasteiger partial charge in [0.25, 0.3) is 0 Å². The molecular weight excluding hydrogens is 404 g/mol. The molecule has 2 aromatic rings. The molecule has 1 aliphatic carbocycles. The van der Waals surface area contributed by atoms with Crippen LogP contribution in [0, 0.1) is 11.8 Å². The van der Waals surface area contributed by atoms with Crippen molar-refractivity contribution < 1.29 is 9.53 Å². The number of unbranched alkanes of at least 4 members (excludes halogenated alkanes) is 2. The van der Waals surface area contributed by atoms with E-state index in [-0.39, 0.29) is 5.97 Å². The first kappa shape index (κ1) is 25.3. The molecular formula is C31H42O2. The van der Waals surface area contributed by atoms with E-state index >= 15 is 0 Å². The van der Waals surface area contributed by atoms with Gasteiger partial charge in [-0.3, -0.25) is 0 Å². The van der Waals surface area contributed by atoms with Crippen molar-refractivity contribution in [3.63, 3.8) is 0 Å². The lowest BCUT2D eigenvalue weighted by atomic mass is 9.71. The molecule has 2 heteroatoms. The molecule has 1 unspecified atom stereocenters. The van der Waals surface area contributed by atoms with Crippen LogP contribution < -0.4 is 4.74 Å². The lowest BCUT2D eigenvalue weighted by molar-refractivity contribution is 0.0734. The summed E-state index contributed by atoms with van der Waals surface area (Å²) in [7, 11) is 0. The van der Waals surface area contributed by atoms with Crippen molar-refractivity contribution in [1.29, 1.82) is 0 Å². The van der Waals surface area contributed by atoms with Gasteiger partial charge in [-0.1, -0.05) is 89.1 Å². The van der Waals surface area contributed by atoms with Crippen LogP contribution in [-0.2, 0) is 6.42 Å². The van der Waals surface area contributed by atoms with Crippen molar-refractivity contribution >= 4 is 5.97 Å². The van der Waals surface area contributed by atoms with Crippen molar-refractivity contribution in [2.24, 2.45) is 11.8 Å². The topological polar surface area (TPSA) is 26.3 Å². The molecule has 3 rings (SSSR count). The van der Waals surface area contributed by atoms with E-state index in [1.165, 1.54) is 62.5 Å². The third-order valence-corrected chi connectivity index (χ3v) is 7.34. The van der Waals surface area contributed by atoms with E-state index in [1.54, 1.807) is 0 Å². The van der Waals surface area contributed by atoms with Crippen molar-refractivity contribution in [1.82, 2.24) is 0 Å². The Kier molecular flexibility index (Phi) is 10.2. The summed E-state index contributed by atoms with van der Waals surface area (Å²) in [4.78, 5) is 12.6. The number of allylic oxidation sites excluding steroid dienone is 1. The number of aryl methyl sites for hydroxylation is 1. The summed E-state index contributed by atoms with van der Waals surface area (Å²) in [5.41, 5.74) is 3.20. The Balaban J connectivity index is 1.58. The number of hydrogen-bond donors (Lipinski definition) is 0. The fraction of sp³-hybridized carbons (Fsp3) is 0.516. The normalized spacial score (nSPS) is 19.1. The summed E-state index contributed by atoms with van der Waals surface area (Å²) in [5, 5.41) is 0. The van der Waals surface area contributed by atoms with Gasteiger partial charge in [-0.25, -0.2) is 4.79 Å². The highest BCUT2D eigenvalue weighted by Crippen LogP contribution is 2.41. The third-order valence-electron chi connectivity index (χ3n) is 7.34. The van der Waals surface area contributed by atoms with Gasteiger partial charge < -0.3 is 4.74 Å². The molecule has 33 heavy (non-hydrogen) atoms. The summed E-state index contributed by atoms with van der Waals surface area (Å²) in [6.07, 6.45) is 16.0. The number of esters is 1. The minimum absolute atomic E-state index is 0.294. The van der Waals surface area contributed by atoms with Gasteiger partial charge in [0.05, 0.1) is 5.56 Å². The Labute approximate surface area is 201 Å². The maximum absolute atomic E-state index is 12.6. The second-order valence-electron chi connectivity index (χ2n) is 9.81. The predicted octanol–water partition coefficient (Wildman–Crippen LogP) is 8.90. The van der Waals surface area contributed by atoms with Crippen LogP contribution in [0.1, 0.15) is 105 Å².